The van der Waals surface area contributed by atoms with Crippen LogP contribution >= 0.6 is 0 Å². The summed E-state index contributed by atoms with van der Waals surface area (Å²) < 4.78 is 2.04. The van der Waals surface area contributed by atoms with E-state index in [1.807, 2.05) is 42.0 Å². The average Bonchev–Trinajstić information content (AvgIpc) is 3.12. The fourth-order valence-electron chi connectivity index (χ4n) is 4.28. The maximum Gasteiger partial charge on any atom is 0.321 e. The second-order valence-corrected chi connectivity index (χ2v) is 8.58. The number of fused-ring (bicyclic) bond motifs is 1. The fraction of sp³-hybridized carbons (Fsp3) is 0.360. The smallest absolute Gasteiger partial charge is 0.321 e. The van der Waals surface area contributed by atoms with Crippen molar-refractivity contribution in [2.24, 2.45) is 5.73 Å². The van der Waals surface area contributed by atoms with Gasteiger partial charge >= 0.3 is 6.03 Å². The first-order valence-corrected chi connectivity index (χ1v) is 10.5. The van der Waals surface area contributed by atoms with Crippen LogP contribution in [0, 0.1) is 0 Å². The van der Waals surface area contributed by atoms with E-state index in [0.29, 0.717) is 6.42 Å². The van der Waals surface area contributed by atoms with E-state index < -0.39 is 11.7 Å². The zero-order chi connectivity index (χ0) is 22.1. The van der Waals surface area contributed by atoms with Gasteiger partial charge in [-0.1, -0.05) is 52.0 Å². The molecule has 1 unspecified atom stereocenters. The maximum absolute atomic E-state index is 13.1. The molecular weight excluding hydrogens is 372 g/mol. The monoisotopic (exact) mass is 404 g/mol. The van der Waals surface area contributed by atoms with Crippen LogP contribution in [0.3, 0.4) is 0 Å². The van der Waals surface area contributed by atoms with Crippen molar-refractivity contribution in [1.82, 2.24) is 9.55 Å². The van der Waals surface area contributed by atoms with Crippen molar-refractivity contribution in [1.29, 1.82) is 0 Å². The van der Waals surface area contributed by atoms with Crippen LogP contribution < -0.4 is 10.6 Å². The quantitative estimate of drug-likeness (QED) is 0.482. The molecule has 3 aromatic rings. The molecule has 0 radical (unpaired) electrons. The van der Waals surface area contributed by atoms with E-state index in [1.54, 1.807) is 11.1 Å². The first-order valence-electron chi connectivity index (χ1n) is 10.5. The normalized spacial score (nSPS) is 13.6. The minimum absolute atomic E-state index is 0.230. The standard InChI is InChI=1S/C25H32N4O/c1-7-14-25(6,28-16-13-19-10-9-15-27-23(19)28)29(24(26)30)22-20(17(2)3)11-8-12-21(22)18(4)5/h7-13,15-18H,1,14H2,2-6H3,(H2,26,30). The lowest BCUT2D eigenvalue weighted by atomic mass is 9.90. The van der Waals surface area contributed by atoms with Crippen molar-refractivity contribution in [3.8, 4) is 0 Å². The van der Waals surface area contributed by atoms with E-state index in [0.717, 1.165) is 27.8 Å². The number of anilines is 1. The zero-order valence-corrected chi connectivity index (χ0v) is 18.6. The van der Waals surface area contributed by atoms with Gasteiger partial charge in [-0.15, -0.1) is 6.58 Å². The summed E-state index contributed by atoms with van der Waals surface area (Å²) in [6.45, 7) is 14.6. The summed E-state index contributed by atoms with van der Waals surface area (Å²) in [5, 5.41) is 1.01. The number of hydrogen-bond donors (Lipinski definition) is 1. The molecule has 0 aliphatic heterocycles. The van der Waals surface area contributed by atoms with E-state index in [2.05, 4.69) is 57.5 Å². The summed E-state index contributed by atoms with van der Waals surface area (Å²) >= 11 is 0. The first kappa shape index (κ1) is 21.6. The highest BCUT2D eigenvalue weighted by molar-refractivity contribution is 5.94. The van der Waals surface area contributed by atoms with Gasteiger partial charge in [-0.3, -0.25) is 4.90 Å². The molecule has 1 aromatic carbocycles. The number of carbonyl (C=O) groups excluding carboxylic acids is 1. The molecule has 0 saturated heterocycles. The number of nitrogens with zero attached hydrogens (tertiary/aromatic N) is 3. The van der Waals surface area contributed by atoms with Crippen molar-refractivity contribution in [3.05, 3.63) is 72.6 Å². The summed E-state index contributed by atoms with van der Waals surface area (Å²) in [6, 6.07) is 11.7. The number of aromatic nitrogens is 2. The molecule has 0 spiro atoms. The van der Waals surface area contributed by atoms with Gasteiger partial charge in [0.15, 0.2) is 0 Å². The highest BCUT2D eigenvalue weighted by Crippen LogP contribution is 2.42. The van der Waals surface area contributed by atoms with Crippen LogP contribution in [0.5, 0.6) is 0 Å². The minimum Gasteiger partial charge on any atom is -0.351 e. The van der Waals surface area contributed by atoms with E-state index >= 15 is 0 Å². The highest BCUT2D eigenvalue weighted by atomic mass is 16.2. The van der Waals surface area contributed by atoms with Crippen LogP contribution in [-0.4, -0.2) is 15.6 Å². The van der Waals surface area contributed by atoms with Crippen molar-refractivity contribution >= 4 is 22.8 Å². The maximum atomic E-state index is 13.1. The Bertz CT molecular complexity index is 1040. The highest BCUT2D eigenvalue weighted by Gasteiger charge is 2.40. The number of urea groups is 1. The molecule has 3 rings (SSSR count). The van der Waals surface area contributed by atoms with Crippen LogP contribution in [0.15, 0.2) is 61.4 Å². The molecule has 5 heteroatoms. The van der Waals surface area contributed by atoms with Gasteiger partial charge in [-0.2, -0.15) is 0 Å². The summed E-state index contributed by atoms with van der Waals surface area (Å²) in [6.07, 6.45) is 6.09. The molecule has 2 aromatic heterocycles. The second-order valence-electron chi connectivity index (χ2n) is 8.58. The molecule has 5 nitrogen and oxygen atoms in total. The van der Waals surface area contributed by atoms with Crippen molar-refractivity contribution in [2.45, 2.75) is 58.5 Å². The van der Waals surface area contributed by atoms with Gasteiger partial charge in [0.2, 0.25) is 0 Å². The molecule has 1 atom stereocenters. The number of benzene rings is 1. The molecule has 158 valence electrons. The van der Waals surface area contributed by atoms with Crippen LogP contribution in [0.2, 0.25) is 0 Å². The molecule has 0 aliphatic carbocycles. The van der Waals surface area contributed by atoms with Gasteiger partial charge in [0, 0.05) is 24.2 Å². The summed E-state index contributed by atoms with van der Waals surface area (Å²) in [5.74, 6) is 0.459. The third-order valence-electron chi connectivity index (χ3n) is 5.77. The van der Waals surface area contributed by atoms with E-state index in [9.17, 15) is 4.79 Å². The predicted octanol–water partition coefficient (Wildman–Crippen LogP) is 6.12. The summed E-state index contributed by atoms with van der Waals surface area (Å²) in [4.78, 5) is 19.4. The number of pyridine rings is 1. The summed E-state index contributed by atoms with van der Waals surface area (Å²) in [5.41, 5.74) is 9.17. The van der Waals surface area contributed by atoms with Gasteiger partial charge in [-0.05, 0) is 48.1 Å². The lowest BCUT2D eigenvalue weighted by molar-refractivity contribution is 0.234. The Morgan fingerprint density at radius 2 is 1.80 bits per heavy atom. The zero-order valence-electron chi connectivity index (χ0n) is 18.6. The molecular formula is C25H32N4O. The third-order valence-corrected chi connectivity index (χ3v) is 5.77. The lowest BCUT2D eigenvalue weighted by Crippen LogP contribution is -2.54. The van der Waals surface area contributed by atoms with Gasteiger partial charge < -0.3 is 10.3 Å². The molecule has 30 heavy (non-hydrogen) atoms. The lowest BCUT2D eigenvalue weighted by Gasteiger charge is -2.43. The Hall–Kier alpha value is -3.08. The van der Waals surface area contributed by atoms with Crippen molar-refractivity contribution in [2.75, 3.05) is 4.90 Å². The average molecular weight is 405 g/mol. The van der Waals surface area contributed by atoms with E-state index in [4.69, 9.17) is 5.73 Å². The van der Waals surface area contributed by atoms with Gasteiger partial charge in [0.05, 0.1) is 5.69 Å². The number of nitrogens with two attached hydrogens (primary N) is 1. The Morgan fingerprint density at radius 1 is 1.17 bits per heavy atom. The number of rotatable bonds is 7. The Balaban J connectivity index is 2.37. The molecule has 0 aliphatic rings. The Labute approximate surface area is 179 Å². The van der Waals surface area contributed by atoms with Crippen molar-refractivity contribution in [3.63, 3.8) is 0 Å². The van der Waals surface area contributed by atoms with Crippen LogP contribution in [-0.2, 0) is 5.66 Å². The third kappa shape index (κ3) is 3.60. The molecule has 2 N–H and O–H groups in total. The Morgan fingerprint density at radius 3 is 2.33 bits per heavy atom. The van der Waals surface area contributed by atoms with Crippen LogP contribution in [0.4, 0.5) is 10.5 Å². The number of primary amides is 1. The molecule has 2 heterocycles. The molecule has 0 fully saturated rings. The van der Waals surface area contributed by atoms with E-state index in [-0.39, 0.29) is 11.8 Å². The van der Waals surface area contributed by atoms with E-state index in [1.165, 1.54) is 0 Å². The number of hydrogen-bond acceptors (Lipinski definition) is 2. The minimum atomic E-state index is -0.807. The summed E-state index contributed by atoms with van der Waals surface area (Å²) in [7, 11) is 0. The first-order chi connectivity index (χ1) is 14.2. The predicted molar refractivity (Wildman–Crippen MR) is 125 cm³/mol. The SMILES string of the molecule is C=CCC(C)(N(C(N)=O)c1c(C(C)C)cccc1C(C)C)n1ccc2cccnc21. The molecule has 2 amide bonds. The van der Waals surface area contributed by atoms with Gasteiger partial charge in [-0.25, -0.2) is 9.78 Å². The number of amides is 2. The van der Waals surface area contributed by atoms with Crippen LogP contribution in [0.1, 0.15) is 64.0 Å². The fourth-order valence-corrected chi connectivity index (χ4v) is 4.28. The topological polar surface area (TPSA) is 64.2 Å². The van der Waals surface area contributed by atoms with Crippen LogP contribution in [0.25, 0.3) is 11.0 Å². The molecule has 0 bridgehead atoms. The Kier molecular flexibility index (Phi) is 6.01. The molecule has 0 saturated carbocycles. The second kappa shape index (κ2) is 8.34. The van der Waals surface area contributed by atoms with Crippen molar-refractivity contribution < 1.29 is 4.79 Å². The number of para-hydroxylation sites is 1. The van der Waals surface area contributed by atoms with Gasteiger partial charge in [0.1, 0.15) is 11.3 Å². The largest absolute Gasteiger partial charge is 0.351 e. The number of carbonyl (C=O) groups is 1. The van der Waals surface area contributed by atoms with Gasteiger partial charge in [0.25, 0.3) is 0 Å².